The molecule has 0 radical (unpaired) electrons. The molecule has 1 saturated heterocycles. The smallest absolute Gasteiger partial charge is 0.0824 e. The minimum Gasteiger partial charge on any atom is -0.374 e. The normalized spacial score (nSPS) is 37.9. The minimum atomic E-state index is 0.282. The van der Waals surface area contributed by atoms with E-state index in [0.717, 1.165) is 25.7 Å². The van der Waals surface area contributed by atoms with Crippen LogP contribution in [0.5, 0.6) is 0 Å². The molecule has 0 aromatic carbocycles. The van der Waals surface area contributed by atoms with Gasteiger partial charge in [-0.3, -0.25) is 4.90 Å². The summed E-state index contributed by atoms with van der Waals surface area (Å²) in [4.78, 5) is 2.69. The van der Waals surface area contributed by atoms with Gasteiger partial charge in [-0.15, -0.1) is 0 Å². The standard InChI is InChI=1S/C14H26N2O/c15-10-12-11-16(8-9-17-12)13-4-7-14(13)5-2-1-3-6-14/h12-13H,1-11,15H2. The summed E-state index contributed by atoms with van der Waals surface area (Å²) < 4.78 is 5.69. The van der Waals surface area contributed by atoms with E-state index in [4.69, 9.17) is 10.5 Å². The van der Waals surface area contributed by atoms with Crippen molar-refractivity contribution in [2.24, 2.45) is 11.1 Å². The monoisotopic (exact) mass is 238 g/mol. The van der Waals surface area contributed by atoms with Crippen molar-refractivity contribution in [3.63, 3.8) is 0 Å². The fourth-order valence-corrected chi connectivity index (χ4v) is 4.26. The van der Waals surface area contributed by atoms with Gasteiger partial charge in [0, 0.05) is 25.7 Å². The first-order valence-corrected chi connectivity index (χ1v) is 7.40. The summed E-state index contributed by atoms with van der Waals surface area (Å²) in [6, 6.07) is 0.848. The highest BCUT2D eigenvalue weighted by Gasteiger charge is 2.49. The highest BCUT2D eigenvalue weighted by atomic mass is 16.5. The van der Waals surface area contributed by atoms with Crippen LogP contribution >= 0.6 is 0 Å². The molecule has 98 valence electrons. The number of hydrogen-bond donors (Lipinski definition) is 1. The lowest BCUT2D eigenvalue weighted by Crippen LogP contribution is -2.60. The Bertz CT molecular complexity index is 263. The predicted molar refractivity (Wildman–Crippen MR) is 68.9 cm³/mol. The van der Waals surface area contributed by atoms with Crippen molar-refractivity contribution in [3.05, 3.63) is 0 Å². The molecule has 2 N–H and O–H groups in total. The lowest BCUT2D eigenvalue weighted by molar-refractivity contribution is -0.109. The van der Waals surface area contributed by atoms with E-state index in [1.807, 2.05) is 0 Å². The van der Waals surface area contributed by atoms with Crippen molar-refractivity contribution < 1.29 is 4.74 Å². The van der Waals surface area contributed by atoms with Crippen LogP contribution < -0.4 is 5.73 Å². The van der Waals surface area contributed by atoms with Gasteiger partial charge < -0.3 is 10.5 Å². The second-order valence-electron chi connectivity index (χ2n) is 6.20. The zero-order valence-electron chi connectivity index (χ0n) is 10.9. The molecule has 1 heterocycles. The zero-order chi connectivity index (χ0) is 11.7. The molecule has 0 bridgehead atoms. The Kier molecular flexibility index (Phi) is 3.42. The Morgan fingerprint density at radius 2 is 2.00 bits per heavy atom. The van der Waals surface area contributed by atoms with Crippen LogP contribution in [0.15, 0.2) is 0 Å². The molecular weight excluding hydrogens is 212 g/mol. The first-order chi connectivity index (χ1) is 8.34. The van der Waals surface area contributed by atoms with Crippen molar-refractivity contribution in [2.45, 2.75) is 57.1 Å². The molecule has 2 unspecified atom stereocenters. The van der Waals surface area contributed by atoms with Crippen LogP contribution in [0, 0.1) is 5.41 Å². The van der Waals surface area contributed by atoms with Crippen LogP contribution in [-0.2, 0) is 4.74 Å². The van der Waals surface area contributed by atoms with Gasteiger partial charge in [-0.05, 0) is 31.1 Å². The van der Waals surface area contributed by atoms with Crippen LogP contribution in [0.3, 0.4) is 0 Å². The number of nitrogens with zero attached hydrogens (tertiary/aromatic N) is 1. The van der Waals surface area contributed by atoms with Gasteiger partial charge in [0.1, 0.15) is 0 Å². The molecule has 1 spiro atoms. The minimum absolute atomic E-state index is 0.282. The topological polar surface area (TPSA) is 38.5 Å². The molecule has 2 atom stereocenters. The summed E-state index contributed by atoms with van der Waals surface area (Å²) in [6.07, 6.45) is 10.5. The number of ether oxygens (including phenoxy) is 1. The molecule has 17 heavy (non-hydrogen) atoms. The van der Waals surface area contributed by atoms with Gasteiger partial charge >= 0.3 is 0 Å². The van der Waals surface area contributed by atoms with E-state index in [1.165, 1.54) is 44.9 Å². The van der Waals surface area contributed by atoms with Crippen LogP contribution in [-0.4, -0.2) is 43.3 Å². The molecule has 2 saturated carbocycles. The molecular formula is C14H26N2O. The Morgan fingerprint density at radius 3 is 2.65 bits per heavy atom. The Morgan fingerprint density at radius 1 is 1.18 bits per heavy atom. The molecule has 1 aliphatic heterocycles. The van der Waals surface area contributed by atoms with E-state index >= 15 is 0 Å². The lowest BCUT2D eigenvalue weighted by Gasteiger charge is -2.57. The van der Waals surface area contributed by atoms with Gasteiger partial charge in [-0.2, -0.15) is 0 Å². The van der Waals surface area contributed by atoms with E-state index in [2.05, 4.69) is 4.90 Å². The van der Waals surface area contributed by atoms with Crippen molar-refractivity contribution >= 4 is 0 Å². The summed E-state index contributed by atoms with van der Waals surface area (Å²) in [5, 5.41) is 0. The molecule has 0 amide bonds. The van der Waals surface area contributed by atoms with Gasteiger partial charge in [0.05, 0.1) is 12.7 Å². The van der Waals surface area contributed by atoms with E-state index < -0.39 is 0 Å². The quantitative estimate of drug-likeness (QED) is 0.796. The van der Waals surface area contributed by atoms with Crippen LogP contribution in [0.1, 0.15) is 44.9 Å². The van der Waals surface area contributed by atoms with E-state index in [0.29, 0.717) is 12.0 Å². The summed E-state index contributed by atoms with van der Waals surface area (Å²) >= 11 is 0. The van der Waals surface area contributed by atoms with E-state index in [9.17, 15) is 0 Å². The molecule has 3 nitrogen and oxygen atoms in total. The zero-order valence-corrected chi connectivity index (χ0v) is 10.9. The molecule has 0 aromatic rings. The van der Waals surface area contributed by atoms with Gasteiger partial charge in [0.15, 0.2) is 0 Å². The highest BCUT2D eigenvalue weighted by Crippen LogP contribution is 2.53. The number of nitrogens with two attached hydrogens (primary N) is 1. The Hall–Kier alpha value is -0.120. The van der Waals surface area contributed by atoms with E-state index in [-0.39, 0.29) is 6.10 Å². The predicted octanol–water partition coefficient (Wildman–Crippen LogP) is 1.76. The fourth-order valence-electron chi connectivity index (χ4n) is 4.26. The molecule has 3 aliphatic rings. The lowest BCUT2D eigenvalue weighted by atomic mass is 9.57. The maximum atomic E-state index is 5.74. The first kappa shape index (κ1) is 11.9. The van der Waals surface area contributed by atoms with Gasteiger partial charge in [0.2, 0.25) is 0 Å². The number of rotatable bonds is 2. The number of morpholine rings is 1. The molecule has 3 rings (SSSR count). The summed E-state index contributed by atoms with van der Waals surface area (Å²) in [6.45, 7) is 3.76. The van der Waals surface area contributed by atoms with Crippen molar-refractivity contribution in [2.75, 3.05) is 26.2 Å². The third-order valence-corrected chi connectivity index (χ3v) is 5.35. The van der Waals surface area contributed by atoms with Crippen molar-refractivity contribution in [3.8, 4) is 0 Å². The average molecular weight is 238 g/mol. The summed E-state index contributed by atoms with van der Waals surface area (Å²) in [7, 11) is 0. The third kappa shape index (κ3) is 2.13. The highest BCUT2D eigenvalue weighted by molar-refractivity contribution is 5.03. The van der Waals surface area contributed by atoms with Crippen LogP contribution in [0.25, 0.3) is 0 Å². The molecule has 3 heteroatoms. The largest absolute Gasteiger partial charge is 0.374 e. The maximum Gasteiger partial charge on any atom is 0.0824 e. The van der Waals surface area contributed by atoms with E-state index in [1.54, 1.807) is 0 Å². The van der Waals surface area contributed by atoms with Gasteiger partial charge in [-0.1, -0.05) is 19.3 Å². The van der Waals surface area contributed by atoms with Crippen LogP contribution in [0.2, 0.25) is 0 Å². The molecule has 0 aromatic heterocycles. The van der Waals surface area contributed by atoms with Crippen molar-refractivity contribution in [1.29, 1.82) is 0 Å². The Labute approximate surface area is 105 Å². The maximum absolute atomic E-state index is 5.74. The fraction of sp³-hybridized carbons (Fsp3) is 1.00. The summed E-state index contributed by atoms with van der Waals surface area (Å²) in [5.41, 5.74) is 6.43. The van der Waals surface area contributed by atoms with Gasteiger partial charge in [0.25, 0.3) is 0 Å². The Balaban J connectivity index is 1.63. The summed E-state index contributed by atoms with van der Waals surface area (Å²) in [5.74, 6) is 0. The first-order valence-electron chi connectivity index (χ1n) is 7.40. The second-order valence-corrected chi connectivity index (χ2v) is 6.20. The van der Waals surface area contributed by atoms with Crippen LogP contribution in [0.4, 0.5) is 0 Å². The number of hydrogen-bond acceptors (Lipinski definition) is 3. The second kappa shape index (κ2) is 4.87. The van der Waals surface area contributed by atoms with Crippen molar-refractivity contribution in [1.82, 2.24) is 4.90 Å². The molecule has 2 aliphatic carbocycles. The SMILES string of the molecule is NCC1CN(C2CCC23CCCCC3)CCO1. The third-order valence-electron chi connectivity index (χ3n) is 5.35. The van der Waals surface area contributed by atoms with Gasteiger partial charge in [-0.25, -0.2) is 0 Å². The molecule has 3 fully saturated rings. The average Bonchev–Trinajstić information content (AvgIpc) is 2.39.